The van der Waals surface area contributed by atoms with Gasteiger partial charge in [0.25, 0.3) is 0 Å². The number of piperazine rings is 1. The smallest absolute Gasteiger partial charge is 0.204 e. The number of aryl methyl sites for hydroxylation is 1. The van der Waals surface area contributed by atoms with Crippen LogP contribution in [0.4, 0.5) is 10.1 Å². The second-order valence-corrected chi connectivity index (χ2v) is 8.27. The molecule has 0 N–H and O–H groups in total. The summed E-state index contributed by atoms with van der Waals surface area (Å²) in [5.41, 5.74) is 4.06. The first-order valence-electron chi connectivity index (χ1n) is 10.3. The number of pyridine rings is 1. The molecule has 2 aromatic carbocycles. The minimum atomic E-state index is -0.205. The van der Waals surface area contributed by atoms with Gasteiger partial charge >= 0.3 is 0 Å². The van der Waals surface area contributed by atoms with Crippen molar-refractivity contribution < 1.29 is 9.13 Å². The minimum Gasteiger partial charge on any atom is -0.497 e. The first-order chi connectivity index (χ1) is 15.0. The molecule has 1 aliphatic heterocycles. The highest BCUT2D eigenvalue weighted by Crippen LogP contribution is 2.26. The zero-order valence-electron chi connectivity index (χ0n) is 17.6. The number of nitrogens with zero attached hydrogens (tertiary/aromatic N) is 5. The van der Waals surface area contributed by atoms with Crippen LogP contribution in [0.2, 0.25) is 0 Å². The molecular weight excluding hydrogens is 413 g/mol. The van der Waals surface area contributed by atoms with Crippen LogP contribution in [0.5, 0.6) is 5.75 Å². The molecule has 8 heteroatoms. The van der Waals surface area contributed by atoms with Crippen LogP contribution in [0.15, 0.2) is 48.5 Å². The number of hydrogen-bond acceptors (Lipinski definition) is 5. The van der Waals surface area contributed by atoms with Crippen LogP contribution >= 0.6 is 12.2 Å². The number of ether oxygens (including phenoxy) is 1. The van der Waals surface area contributed by atoms with E-state index in [1.807, 2.05) is 33.3 Å². The summed E-state index contributed by atoms with van der Waals surface area (Å²) in [7, 11) is 1.67. The van der Waals surface area contributed by atoms with Crippen molar-refractivity contribution in [1.82, 2.24) is 19.1 Å². The number of aromatic nitrogens is 3. The molecule has 1 saturated heterocycles. The maximum Gasteiger partial charge on any atom is 0.204 e. The molecule has 3 heterocycles. The van der Waals surface area contributed by atoms with Gasteiger partial charge in [-0.25, -0.2) is 9.07 Å². The van der Waals surface area contributed by atoms with Gasteiger partial charge in [-0.05, 0) is 67.2 Å². The molecule has 0 amide bonds. The number of rotatable bonds is 4. The van der Waals surface area contributed by atoms with Gasteiger partial charge in [0.2, 0.25) is 4.77 Å². The van der Waals surface area contributed by atoms with Crippen molar-refractivity contribution in [2.24, 2.45) is 0 Å². The highest BCUT2D eigenvalue weighted by molar-refractivity contribution is 7.71. The van der Waals surface area contributed by atoms with E-state index in [4.69, 9.17) is 22.1 Å². The van der Waals surface area contributed by atoms with Crippen LogP contribution in [-0.2, 0) is 6.67 Å². The SMILES string of the molecule is COc1ccc2c(C)cc3nn(CN4CCN(c5ccc(F)cc5)CC4)c(=S)n3c2c1. The Bertz CT molecular complexity index is 1310. The molecule has 0 spiro atoms. The first kappa shape index (κ1) is 20.0. The average molecular weight is 438 g/mol. The van der Waals surface area contributed by atoms with E-state index in [0.29, 0.717) is 11.4 Å². The predicted octanol–water partition coefficient (Wildman–Crippen LogP) is 4.25. The van der Waals surface area contributed by atoms with Crippen molar-refractivity contribution in [2.45, 2.75) is 13.6 Å². The van der Waals surface area contributed by atoms with E-state index in [1.165, 1.54) is 12.1 Å². The standard InChI is InChI=1S/C23H24FN5OS/c1-16-13-22-25-28(23(31)29(22)21-14-19(30-2)7-8-20(16)21)15-26-9-11-27(12-10-26)18-5-3-17(24)4-6-18/h3-8,13-14H,9-12,15H2,1-2H3. The summed E-state index contributed by atoms with van der Waals surface area (Å²) in [4.78, 5) is 4.62. The monoisotopic (exact) mass is 437 g/mol. The lowest BCUT2D eigenvalue weighted by Crippen LogP contribution is -2.47. The van der Waals surface area contributed by atoms with Gasteiger partial charge < -0.3 is 9.64 Å². The molecular formula is C23H24FN5OS. The Morgan fingerprint density at radius 3 is 2.48 bits per heavy atom. The molecule has 0 atom stereocenters. The highest BCUT2D eigenvalue weighted by Gasteiger charge is 2.19. The van der Waals surface area contributed by atoms with Crippen LogP contribution in [0.3, 0.4) is 0 Å². The molecule has 31 heavy (non-hydrogen) atoms. The van der Waals surface area contributed by atoms with E-state index in [0.717, 1.165) is 59.7 Å². The Hall–Kier alpha value is -2.97. The summed E-state index contributed by atoms with van der Waals surface area (Å²) in [5.74, 6) is 0.593. The first-order valence-corrected chi connectivity index (χ1v) is 10.7. The number of hydrogen-bond donors (Lipinski definition) is 0. The average Bonchev–Trinajstić information content (AvgIpc) is 3.09. The maximum absolute atomic E-state index is 13.2. The summed E-state index contributed by atoms with van der Waals surface area (Å²) < 4.78 is 23.2. The summed E-state index contributed by atoms with van der Waals surface area (Å²) in [6, 6.07) is 14.8. The van der Waals surface area contributed by atoms with Crippen molar-refractivity contribution in [3.63, 3.8) is 0 Å². The minimum absolute atomic E-state index is 0.205. The van der Waals surface area contributed by atoms with Crippen LogP contribution in [0.25, 0.3) is 16.6 Å². The van der Waals surface area contributed by atoms with Gasteiger partial charge in [-0.15, -0.1) is 0 Å². The lowest BCUT2D eigenvalue weighted by molar-refractivity contribution is 0.195. The normalized spacial score (nSPS) is 15.1. The zero-order valence-corrected chi connectivity index (χ0v) is 18.4. The summed E-state index contributed by atoms with van der Waals surface area (Å²) >= 11 is 5.81. The Morgan fingerprint density at radius 1 is 1.03 bits per heavy atom. The molecule has 0 saturated carbocycles. The number of halogens is 1. The van der Waals surface area contributed by atoms with Crippen molar-refractivity contribution in [1.29, 1.82) is 0 Å². The third-order valence-electron chi connectivity index (χ3n) is 5.98. The Kier molecular flexibility index (Phi) is 5.11. The quantitative estimate of drug-likeness (QED) is 0.446. The Morgan fingerprint density at radius 2 is 1.77 bits per heavy atom. The molecule has 160 valence electrons. The lowest BCUT2D eigenvalue weighted by Gasteiger charge is -2.35. The third kappa shape index (κ3) is 3.66. The highest BCUT2D eigenvalue weighted by atomic mass is 32.1. The van der Waals surface area contributed by atoms with Crippen LogP contribution in [0.1, 0.15) is 5.56 Å². The van der Waals surface area contributed by atoms with E-state index >= 15 is 0 Å². The Labute approximate surface area is 185 Å². The maximum atomic E-state index is 13.2. The van der Waals surface area contributed by atoms with Crippen LogP contribution in [0, 0.1) is 17.5 Å². The van der Waals surface area contributed by atoms with E-state index in [1.54, 1.807) is 7.11 Å². The Balaban J connectivity index is 1.40. The summed E-state index contributed by atoms with van der Waals surface area (Å²) in [6.07, 6.45) is 0. The van der Waals surface area contributed by atoms with Gasteiger partial charge in [-0.3, -0.25) is 9.30 Å². The number of benzene rings is 2. The predicted molar refractivity (Wildman–Crippen MR) is 123 cm³/mol. The molecule has 0 aliphatic carbocycles. The zero-order chi connectivity index (χ0) is 21.5. The van der Waals surface area contributed by atoms with E-state index in [-0.39, 0.29) is 5.82 Å². The summed E-state index contributed by atoms with van der Waals surface area (Å²) in [5, 5.41) is 5.93. The molecule has 6 nitrogen and oxygen atoms in total. The van der Waals surface area contributed by atoms with Crippen molar-refractivity contribution in [3.05, 3.63) is 64.7 Å². The van der Waals surface area contributed by atoms with Crippen molar-refractivity contribution in [3.8, 4) is 5.75 Å². The summed E-state index contributed by atoms with van der Waals surface area (Å²) in [6.45, 7) is 6.27. The molecule has 0 radical (unpaired) electrons. The molecule has 0 bridgehead atoms. The second-order valence-electron chi connectivity index (χ2n) is 7.91. The van der Waals surface area contributed by atoms with Crippen LogP contribution in [-0.4, -0.2) is 52.4 Å². The fourth-order valence-electron chi connectivity index (χ4n) is 4.25. The van der Waals surface area contributed by atoms with Gasteiger partial charge in [0.1, 0.15) is 11.6 Å². The number of anilines is 1. The lowest BCUT2D eigenvalue weighted by atomic mass is 10.1. The molecule has 0 unspecified atom stereocenters. The number of methoxy groups -OCH3 is 1. The van der Waals surface area contributed by atoms with Gasteiger partial charge in [-0.2, -0.15) is 5.10 Å². The van der Waals surface area contributed by atoms with E-state index in [9.17, 15) is 4.39 Å². The topological polar surface area (TPSA) is 37.9 Å². The number of fused-ring (bicyclic) bond motifs is 3. The molecule has 4 aromatic rings. The fraction of sp³-hybridized carbons (Fsp3) is 0.304. The van der Waals surface area contributed by atoms with Gasteiger partial charge in [0, 0.05) is 43.3 Å². The van der Waals surface area contributed by atoms with E-state index in [2.05, 4.69) is 28.9 Å². The van der Waals surface area contributed by atoms with Gasteiger partial charge in [0.15, 0.2) is 5.65 Å². The third-order valence-corrected chi connectivity index (χ3v) is 6.37. The van der Waals surface area contributed by atoms with Crippen molar-refractivity contribution >= 4 is 34.5 Å². The molecule has 1 fully saturated rings. The molecule has 2 aromatic heterocycles. The van der Waals surface area contributed by atoms with E-state index < -0.39 is 0 Å². The van der Waals surface area contributed by atoms with Crippen molar-refractivity contribution in [2.75, 3.05) is 38.2 Å². The van der Waals surface area contributed by atoms with Gasteiger partial charge in [0.05, 0.1) is 19.3 Å². The molecule has 1 aliphatic rings. The largest absolute Gasteiger partial charge is 0.497 e. The van der Waals surface area contributed by atoms with Gasteiger partial charge in [-0.1, -0.05) is 0 Å². The fourth-order valence-corrected chi connectivity index (χ4v) is 4.54. The second kappa shape index (κ2) is 7.94. The molecule has 5 rings (SSSR count). The van der Waals surface area contributed by atoms with Crippen LogP contribution < -0.4 is 9.64 Å².